The van der Waals surface area contributed by atoms with Crippen LogP contribution in [0.1, 0.15) is 29.8 Å². The number of carbonyl (C=O) groups is 1. The van der Waals surface area contributed by atoms with Gasteiger partial charge >= 0.3 is 0 Å². The summed E-state index contributed by atoms with van der Waals surface area (Å²) in [4.78, 5) is 26.2. The Labute approximate surface area is 215 Å². The maximum absolute atomic E-state index is 13.6. The van der Waals surface area contributed by atoms with Crippen LogP contribution in [-0.2, 0) is 0 Å². The Kier molecular flexibility index (Phi) is 7.88. The number of rotatable bonds is 9. The van der Waals surface area contributed by atoms with E-state index in [4.69, 9.17) is 9.47 Å². The van der Waals surface area contributed by atoms with Gasteiger partial charge in [0.25, 0.3) is 11.5 Å². The van der Waals surface area contributed by atoms with Gasteiger partial charge < -0.3 is 20.1 Å². The molecule has 0 bridgehead atoms. The van der Waals surface area contributed by atoms with Crippen molar-refractivity contribution in [2.75, 3.05) is 19.0 Å². The molecule has 8 heteroatoms. The second-order valence-electron chi connectivity index (χ2n) is 9.02. The van der Waals surface area contributed by atoms with Crippen molar-refractivity contribution in [3.8, 4) is 22.9 Å². The summed E-state index contributed by atoms with van der Waals surface area (Å²) >= 11 is 0. The van der Waals surface area contributed by atoms with Crippen LogP contribution in [0.25, 0.3) is 5.69 Å². The molecular formula is C29H30N4O4. The summed E-state index contributed by atoms with van der Waals surface area (Å²) in [6.07, 6.45) is 1.49. The molecule has 4 rings (SSSR count). The highest BCUT2D eigenvalue weighted by atomic mass is 16.5. The average molecular weight is 499 g/mol. The van der Waals surface area contributed by atoms with Crippen molar-refractivity contribution in [2.24, 2.45) is 5.92 Å². The van der Waals surface area contributed by atoms with Crippen molar-refractivity contribution in [2.45, 2.75) is 20.8 Å². The Hall–Kier alpha value is -4.59. The first-order valence-corrected chi connectivity index (χ1v) is 12.0. The molecule has 3 aromatic carbocycles. The number of hydrogen-bond donors (Lipinski definition) is 2. The van der Waals surface area contributed by atoms with Crippen LogP contribution in [0.4, 0.5) is 11.4 Å². The molecule has 0 unspecified atom stereocenters. The summed E-state index contributed by atoms with van der Waals surface area (Å²) in [5, 5.41) is 10.4. The second-order valence-corrected chi connectivity index (χ2v) is 9.02. The standard InChI is InChI=1S/C29H30N4O4/c1-19(2)17-30-28(34)21-6-5-7-22(16-21)32-27-26(37-25-14-12-24(36-4)13-15-25)18-31-33(29(27)35)23-10-8-20(3)9-11-23/h5-16,18-19,32H,17H2,1-4H3,(H,30,34). The average Bonchev–Trinajstić information content (AvgIpc) is 2.90. The maximum Gasteiger partial charge on any atom is 0.299 e. The number of aromatic nitrogens is 2. The van der Waals surface area contributed by atoms with Crippen LogP contribution in [0, 0.1) is 12.8 Å². The third kappa shape index (κ3) is 6.35. The van der Waals surface area contributed by atoms with E-state index >= 15 is 0 Å². The lowest BCUT2D eigenvalue weighted by Gasteiger charge is -2.15. The van der Waals surface area contributed by atoms with E-state index in [0.717, 1.165) is 5.56 Å². The summed E-state index contributed by atoms with van der Waals surface area (Å²) in [6, 6.07) is 21.5. The van der Waals surface area contributed by atoms with Crippen molar-refractivity contribution in [3.05, 3.63) is 100 Å². The molecule has 0 atom stereocenters. The minimum atomic E-state index is -0.399. The van der Waals surface area contributed by atoms with Crippen molar-refractivity contribution in [1.29, 1.82) is 0 Å². The van der Waals surface area contributed by atoms with Crippen LogP contribution in [-0.4, -0.2) is 29.3 Å². The van der Waals surface area contributed by atoms with Gasteiger partial charge in [0.15, 0.2) is 11.4 Å². The van der Waals surface area contributed by atoms with E-state index in [-0.39, 0.29) is 17.3 Å². The SMILES string of the molecule is COc1ccc(Oc2cnn(-c3ccc(C)cc3)c(=O)c2Nc2cccc(C(=O)NCC(C)C)c2)cc1. The normalized spacial score (nSPS) is 10.7. The van der Waals surface area contributed by atoms with Gasteiger partial charge in [0.2, 0.25) is 0 Å². The molecule has 0 radical (unpaired) electrons. The zero-order valence-corrected chi connectivity index (χ0v) is 21.3. The third-order valence-corrected chi connectivity index (χ3v) is 5.57. The van der Waals surface area contributed by atoms with Crippen LogP contribution in [0.5, 0.6) is 17.2 Å². The summed E-state index contributed by atoms with van der Waals surface area (Å²) < 4.78 is 12.6. The molecule has 0 saturated carbocycles. The van der Waals surface area contributed by atoms with E-state index in [2.05, 4.69) is 15.7 Å². The van der Waals surface area contributed by atoms with E-state index in [1.54, 1.807) is 55.6 Å². The number of hydrogen-bond acceptors (Lipinski definition) is 6. The highest BCUT2D eigenvalue weighted by Crippen LogP contribution is 2.30. The summed E-state index contributed by atoms with van der Waals surface area (Å²) in [5.41, 5.74) is 2.53. The van der Waals surface area contributed by atoms with E-state index in [9.17, 15) is 9.59 Å². The summed E-state index contributed by atoms with van der Waals surface area (Å²) in [7, 11) is 1.59. The number of aryl methyl sites for hydroxylation is 1. The zero-order chi connectivity index (χ0) is 26.4. The van der Waals surface area contributed by atoms with E-state index in [1.807, 2.05) is 45.0 Å². The molecule has 190 valence electrons. The number of nitrogens with one attached hydrogen (secondary N) is 2. The fraction of sp³-hybridized carbons (Fsp3) is 0.207. The highest BCUT2D eigenvalue weighted by Gasteiger charge is 2.16. The molecule has 1 amide bonds. The first kappa shape index (κ1) is 25.5. The van der Waals surface area contributed by atoms with E-state index in [1.165, 1.54) is 10.9 Å². The maximum atomic E-state index is 13.6. The predicted octanol–water partition coefficient (Wildman–Crippen LogP) is 5.47. The Balaban J connectivity index is 1.71. The molecule has 1 aromatic heterocycles. The minimum Gasteiger partial charge on any atom is -0.497 e. The number of amides is 1. The molecule has 0 fully saturated rings. The molecule has 0 aliphatic rings. The second kappa shape index (κ2) is 11.4. The Morgan fingerprint density at radius 2 is 1.70 bits per heavy atom. The Morgan fingerprint density at radius 1 is 1.00 bits per heavy atom. The first-order valence-electron chi connectivity index (χ1n) is 12.0. The number of methoxy groups -OCH3 is 1. The van der Waals surface area contributed by atoms with Crippen LogP contribution in [0.2, 0.25) is 0 Å². The zero-order valence-electron chi connectivity index (χ0n) is 21.3. The molecule has 37 heavy (non-hydrogen) atoms. The van der Waals surface area contributed by atoms with Gasteiger partial charge in [-0.3, -0.25) is 9.59 Å². The highest BCUT2D eigenvalue weighted by molar-refractivity contribution is 5.95. The van der Waals surface area contributed by atoms with Crippen LogP contribution >= 0.6 is 0 Å². The number of carbonyl (C=O) groups excluding carboxylic acids is 1. The Bertz CT molecular complexity index is 1430. The third-order valence-electron chi connectivity index (χ3n) is 5.57. The molecule has 0 aliphatic carbocycles. The van der Waals surface area contributed by atoms with Crippen molar-refractivity contribution in [3.63, 3.8) is 0 Å². The van der Waals surface area contributed by atoms with Gasteiger partial charge in [-0.25, -0.2) is 0 Å². The molecule has 8 nitrogen and oxygen atoms in total. The number of anilines is 2. The molecule has 1 heterocycles. The largest absolute Gasteiger partial charge is 0.497 e. The quantitative estimate of drug-likeness (QED) is 0.318. The number of nitrogens with zero attached hydrogens (tertiary/aromatic N) is 2. The lowest BCUT2D eigenvalue weighted by Crippen LogP contribution is -2.27. The van der Waals surface area contributed by atoms with Gasteiger partial charge in [0.05, 0.1) is 19.0 Å². The van der Waals surface area contributed by atoms with E-state index in [0.29, 0.717) is 40.9 Å². The lowest BCUT2D eigenvalue weighted by molar-refractivity contribution is 0.0949. The first-order chi connectivity index (χ1) is 17.8. The molecule has 0 spiro atoms. The smallest absolute Gasteiger partial charge is 0.299 e. The molecule has 4 aromatic rings. The van der Waals surface area contributed by atoms with Crippen LogP contribution in [0.3, 0.4) is 0 Å². The van der Waals surface area contributed by atoms with Gasteiger partial charge in [-0.2, -0.15) is 9.78 Å². The van der Waals surface area contributed by atoms with Gasteiger partial charge in [0.1, 0.15) is 11.5 Å². The van der Waals surface area contributed by atoms with E-state index < -0.39 is 5.56 Å². The van der Waals surface area contributed by atoms with Gasteiger partial charge in [0, 0.05) is 17.8 Å². The topological polar surface area (TPSA) is 94.5 Å². The number of benzene rings is 3. The van der Waals surface area contributed by atoms with Crippen molar-refractivity contribution in [1.82, 2.24) is 15.1 Å². The van der Waals surface area contributed by atoms with Crippen LogP contribution in [0.15, 0.2) is 83.8 Å². The van der Waals surface area contributed by atoms with Crippen molar-refractivity contribution >= 4 is 17.3 Å². The molecular weight excluding hydrogens is 468 g/mol. The lowest BCUT2D eigenvalue weighted by atomic mass is 10.1. The minimum absolute atomic E-state index is 0.182. The van der Waals surface area contributed by atoms with Gasteiger partial charge in [-0.15, -0.1) is 0 Å². The molecule has 0 aliphatic heterocycles. The molecule has 2 N–H and O–H groups in total. The molecule has 0 saturated heterocycles. The number of ether oxygens (including phenoxy) is 2. The summed E-state index contributed by atoms with van der Waals surface area (Å²) in [6.45, 7) is 6.61. The Morgan fingerprint density at radius 3 is 2.38 bits per heavy atom. The van der Waals surface area contributed by atoms with Gasteiger partial charge in [-0.1, -0.05) is 37.6 Å². The monoisotopic (exact) mass is 498 g/mol. The fourth-order valence-corrected chi connectivity index (χ4v) is 3.55. The summed E-state index contributed by atoms with van der Waals surface area (Å²) in [5.74, 6) is 1.60. The fourth-order valence-electron chi connectivity index (χ4n) is 3.55. The van der Waals surface area contributed by atoms with Gasteiger partial charge in [-0.05, 0) is 67.4 Å². The van der Waals surface area contributed by atoms with Crippen LogP contribution < -0.4 is 25.7 Å². The van der Waals surface area contributed by atoms with Crippen molar-refractivity contribution < 1.29 is 14.3 Å². The predicted molar refractivity (Wildman–Crippen MR) is 145 cm³/mol.